The van der Waals surface area contributed by atoms with Gasteiger partial charge in [0.1, 0.15) is 0 Å². The maximum Gasteiger partial charge on any atom is 0.223 e. The predicted octanol–water partition coefficient (Wildman–Crippen LogP) is 3.33. The minimum atomic E-state index is 0.131. The summed E-state index contributed by atoms with van der Waals surface area (Å²) in [6, 6.07) is 16.0. The number of nitrogens with zero attached hydrogens (tertiary/aromatic N) is 2. The molecular weight excluding hydrogens is 392 g/mol. The van der Waals surface area contributed by atoms with Crippen LogP contribution in [0.4, 0.5) is 0 Å². The van der Waals surface area contributed by atoms with Crippen molar-refractivity contribution >= 4 is 11.8 Å². The minimum Gasteiger partial charge on any atom is -0.493 e. The first-order valence-corrected chi connectivity index (χ1v) is 10.9. The number of rotatable bonds is 9. The Morgan fingerprint density at radius 3 is 1.97 bits per heavy atom. The highest BCUT2D eigenvalue weighted by atomic mass is 16.5. The smallest absolute Gasteiger partial charge is 0.223 e. The quantitative estimate of drug-likeness (QED) is 0.620. The molecule has 0 spiro atoms. The summed E-state index contributed by atoms with van der Waals surface area (Å²) in [5.74, 6) is 1.67. The van der Waals surface area contributed by atoms with E-state index >= 15 is 0 Å². The highest BCUT2D eigenvalue weighted by Gasteiger charge is 2.23. The van der Waals surface area contributed by atoms with E-state index in [1.54, 1.807) is 14.2 Å². The minimum absolute atomic E-state index is 0.131. The molecule has 2 aromatic carbocycles. The van der Waals surface area contributed by atoms with Gasteiger partial charge >= 0.3 is 0 Å². The standard InChI is InChI=1S/C25H32N2O4/c1-30-22-13-11-21(19-23(22)31-2)12-14-25(29)27-17-15-26(16-18-27)24(28)10-6-9-20-7-4-3-5-8-20/h3-5,7-8,11,13,19H,6,9-10,12,14-18H2,1-2H3. The van der Waals surface area contributed by atoms with Gasteiger partial charge in [-0.25, -0.2) is 0 Å². The number of aryl methyl sites for hydroxylation is 2. The van der Waals surface area contributed by atoms with Crippen LogP contribution in [0.5, 0.6) is 11.5 Å². The van der Waals surface area contributed by atoms with E-state index in [9.17, 15) is 9.59 Å². The van der Waals surface area contributed by atoms with Gasteiger partial charge in [0.25, 0.3) is 0 Å². The number of hydrogen-bond donors (Lipinski definition) is 0. The number of methoxy groups -OCH3 is 2. The fraction of sp³-hybridized carbons (Fsp3) is 0.440. The topological polar surface area (TPSA) is 59.1 Å². The van der Waals surface area contributed by atoms with Crippen molar-refractivity contribution in [3.63, 3.8) is 0 Å². The summed E-state index contributed by atoms with van der Waals surface area (Å²) in [4.78, 5) is 28.9. The van der Waals surface area contributed by atoms with Crippen molar-refractivity contribution < 1.29 is 19.1 Å². The molecule has 1 heterocycles. The van der Waals surface area contributed by atoms with Crippen LogP contribution in [-0.4, -0.2) is 62.0 Å². The molecule has 6 nitrogen and oxygen atoms in total. The largest absolute Gasteiger partial charge is 0.493 e. The van der Waals surface area contributed by atoms with Gasteiger partial charge in [-0.2, -0.15) is 0 Å². The summed E-state index contributed by atoms with van der Waals surface area (Å²) >= 11 is 0. The Labute approximate surface area is 184 Å². The van der Waals surface area contributed by atoms with Gasteiger partial charge in [0.05, 0.1) is 14.2 Å². The van der Waals surface area contributed by atoms with Crippen LogP contribution in [0.1, 0.15) is 30.4 Å². The average molecular weight is 425 g/mol. The molecule has 1 aliphatic rings. The van der Waals surface area contributed by atoms with E-state index in [4.69, 9.17) is 9.47 Å². The predicted molar refractivity (Wildman–Crippen MR) is 120 cm³/mol. The molecule has 31 heavy (non-hydrogen) atoms. The molecule has 1 aliphatic heterocycles. The first-order valence-electron chi connectivity index (χ1n) is 10.9. The van der Waals surface area contributed by atoms with E-state index in [1.165, 1.54) is 5.56 Å². The molecule has 2 amide bonds. The number of carbonyl (C=O) groups excluding carboxylic acids is 2. The third-order valence-corrected chi connectivity index (χ3v) is 5.76. The highest BCUT2D eigenvalue weighted by Crippen LogP contribution is 2.28. The van der Waals surface area contributed by atoms with Crippen LogP contribution in [0, 0.1) is 0 Å². The van der Waals surface area contributed by atoms with Crippen molar-refractivity contribution in [1.29, 1.82) is 0 Å². The molecule has 0 N–H and O–H groups in total. The Balaban J connectivity index is 1.38. The molecule has 2 aromatic rings. The Morgan fingerprint density at radius 2 is 1.35 bits per heavy atom. The lowest BCUT2D eigenvalue weighted by molar-refractivity contribution is -0.139. The van der Waals surface area contributed by atoms with E-state index in [1.807, 2.05) is 46.2 Å². The van der Waals surface area contributed by atoms with Crippen molar-refractivity contribution in [1.82, 2.24) is 9.80 Å². The molecule has 0 saturated carbocycles. The van der Waals surface area contributed by atoms with Crippen molar-refractivity contribution in [3.8, 4) is 11.5 Å². The van der Waals surface area contributed by atoms with Crippen molar-refractivity contribution in [3.05, 3.63) is 59.7 Å². The molecular formula is C25H32N2O4. The molecule has 0 bridgehead atoms. The molecule has 3 rings (SSSR count). The second-order valence-electron chi connectivity index (χ2n) is 7.79. The number of ether oxygens (including phenoxy) is 2. The molecule has 6 heteroatoms. The van der Waals surface area contributed by atoms with Crippen molar-refractivity contribution in [2.24, 2.45) is 0 Å². The van der Waals surface area contributed by atoms with E-state index in [-0.39, 0.29) is 11.8 Å². The van der Waals surface area contributed by atoms with Crippen LogP contribution in [0.2, 0.25) is 0 Å². The number of benzene rings is 2. The third kappa shape index (κ3) is 6.48. The Kier molecular flexibility index (Phi) is 8.33. The van der Waals surface area contributed by atoms with Crippen LogP contribution in [0.15, 0.2) is 48.5 Å². The molecule has 0 unspecified atom stereocenters. The SMILES string of the molecule is COc1ccc(CCC(=O)N2CCN(C(=O)CCCc3ccccc3)CC2)cc1OC. The monoisotopic (exact) mass is 424 g/mol. The maximum absolute atomic E-state index is 12.6. The van der Waals surface area contributed by atoms with Gasteiger partial charge in [0.15, 0.2) is 11.5 Å². The van der Waals surface area contributed by atoms with E-state index < -0.39 is 0 Å². The molecule has 0 aliphatic carbocycles. The Morgan fingerprint density at radius 1 is 0.742 bits per heavy atom. The Hall–Kier alpha value is -3.02. The van der Waals surface area contributed by atoms with Gasteiger partial charge in [-0.1, -0.05) is 36.4 Å². The maximum atomic E-state index is 12.6. The number of carbonyl (C=O) groups is 2. The van der Waals surface area contributed by atoms with Crippen LogP contribution < -0.4 is 9.47 Å². The molecule has 0 atom stereocenters. The first-order chi connectivity index (χ1) is 15.1. The van der Waals surface area contributed by atoms with Crippen LogP contribution in [-0.2, 0) is 22.4 Å². The van der Waals surface area contributed by atoms with Gasteiger partial charge in [0.2, 0.25) is 11.8 Å². The lowest BCUT2D eigenvalue weighted by Gasteiger charge is -2.35. The molecule has 1 saturated heterocycles. The lowest BCUT2D eigenvalue weighted by atomic mass is 10.1. The van der Waals surface area contributed by atoms with Crippen LogP contribution >= 0.6 is 0 Å². The number of hydrogen-bond acceptors (Lipinski definition) is 4. The van der Waals surface area contributed by atoms with E-state index in [0.29, 0.717) is 56.9 Å². The summed E-state index contributed by atoms with van der Waals surface area (Å²) in [6.07, 6.45) is 3.43. The third-order valence-electron chi connectivity index (χ3n) is 5.76. The highest BCUT2D eigenvalue weighted by molar-refractivity contribution is 5.78. The van der Waals surface area contributed by atoms with Gasteiger partial charge < -0.3 is 19.3 Å². The summed E-state index contributed by atoms with van der Waals surface area (Å²) in [6.45, 7) is 2.45. The van der Waals surface area contributed by atoms with Gasteiger partial charge in [-0.3, -0.25) is 9.59 Å². The van der Waals surface area contributed by atoms with Crippen LogP contribution in [0.3, 0.4) is 0 Å². The summed E-state index contributed by atoms with van der Waals surface area (Å²) in [7, 11) is 3.21. The Bertz CT molecular complexity index is 861. The van der Waals surface area contributed by atoms with Crippen LogP contribution in [0.25, 0.3) is 0 Å². The summed E-state index contributed by atoms with van der Waals surface area (Å²) in [5, 5.41) is 0. The zero-order valence-electron chi connectivity index (χ0n) is 18.5. The second-order valence-corrected chi connectivity index (χ2v) is 7.79. The molecule has 0 radical (unpaired) electrons. The number of amides is 2. The fourth-order valence-corrected chi connectivity index (χ4v) is 3.90. The van der Waals surface area contributed by atoms with E-state index in [0.717, 1.165) is 18.4 Å². The average Bonchev–Trinajstić information content (AvgIpc) is 2.83. The molecule has 166 valence electrons. The molecule has 1 fully saturated rings. The molecule has 0 aromatic heterocycles. The zero-order chi connectivity index (χ0) is 22.1. The zero-order valence-corrected chi connectivity index (χ0v) is 18.5. The number of piperazine rings is 1. The van der Waals surface area contributed by atoms with Crippen molar-refractivity contribution in [2.75, 3.05) is 40.4 Å². The van der Waals surface area contributed by atoms with Crippen molar-refractivity contribution in [2.45, 2.75) is 32.1 Å². The van der Waals surface area contributed by atoms with Gasteiger partial charge in [0, 0.05) is 39.0 Å². The van der Waals surface area contributed by atoms with Gasteiger partial charge in [-0.15, -0.1) is 0 Å². The first kappa shape index (κ1) is 22.7. The summed E-state index contributed by atoms with van der Waals surface area (Å²) in [5.41, 5.74) is 2.30. The summed E-state index contributed by atoms with van der Waals surface area (Å²) < 4.78 is 10.6. The van der Waals surface area contributed by atoms with Gasteiger partial charge in [-0.05, 0) is 42.5 Å². The lowest BCUT2D eigenvalue weighted by Crippen LogP contribution is -2.50. The second kappa shape index (κ2) is 11.4. The normalized spacial score (nSPS) is 13.7. The van der Waals surface area contributed by atoms with E-state index in [2.05, 4.69) is 12.1 Å². The fourth-order valence-electron chi connectivity index (χ4n) is 3.90.